The Morgan fingerprint density at radius 3 is 2.59 bits per heavy atom. The predicted molar refractivity (Wildman–Crippen MR) is 108 cm³/mol. The van der Waals surface area contributed by atoms with Gasteiger partial charge in [0, 0.05) is 15.3 Å². The number of hydrogen-bond acceptors (Lipinski definition) is 5. The zero-order valence-electron chi connectivity index (χ0n) is 15.4. The minimum Gasteiger partial charge on any atom is -0.455 e. The second kappa shape index (κ2) is 9.12. The lowest BCUT2D eigenvalue weighted by Crippen LogP contribution is -2.50. The average molecular weight is 405 g/mol. The van der Waals surface area contributed by atoms with Gasteiger partial charge >= 0.3 is 5.97 Å². The van der Waals surface area contributed by atoms with Gasteiger partial charge in [-0.2, -0.15) is 5.26 Å². The number of halogens is 1. The molecule has 2 aromatic carbocycles. The topological polar surface area (TPSA) is 79.2 Å². The van der Waals surface area contributed by atoms with Gasteiger partial charge in [0.15, 0.2) is 6.61 Å². The van der Waals surface area contributed by atoms with Gasteiger partial charge in [0.05, 0.1) is 11.8 Å². The number of carbonyl (C=O) groups excluding carboxylic acids is 2. The van der Waals surface area contributed by atoms with Gasteiger partial charge in [0.1, 0.15) is 5.54 Å². The van der Waals surface area contributed by atoms with Crippen molar-refractivity contribution in [2.75, 3.05) is 12.4 Å². The molecule has 0 aliphatic heterocycles. The number of nitrogens with one attached hydrogen (secondary N) is 1. The van der Waals surface area contributed by atoms with Gasteiger partial charge in [-0.15, -0.1) is 11.8 Å². The van der Waals surface area contributed by atoms with Crippen molar-refractivity contribution in [2.24, 2.45) is 5.92 Å². The molecular weight excluding hydrogens is 384 g/mol. The number of amides is 1. The molecule has 0 heterocycles. The van der Waals surface area contributed by atoms with E-state index in [-0.39, 0.29) is 11.7 Å². The maximum absolute atomic E-state index is 12.0. The van der Waals surface area contributed by atoms with Crippen LogP contribution >= 0.6 is 23.4 Å². The van der Waals surface area contributed by atoms with E-state index < -0.39 is 24.0 Å². The fraction of sp³-hybridized carbons (Fsp3) is 0.350. The van der Waals surface area contributed by atoms with E-state index in [1.165, 1.54) is 11.8 Å². The Hall–Kier alpha value is -2.23. The molecule has 0 aromatic heterocycles. The molecule has 0 spiro atoms. The number of esters is 1. The smallest absolute Gasteiger partial charge is 0.316 e. The molecule has 0 saturated heterocycles. The zero-order chi connectivity index (χ0) is 20.0. The first-order chi connectivity index (χ1) is 12.8. The molecule has 0 aliphatic rings. The van der Waals surface area contributed by atoms with Gasteiger partial charge in [-0.05, 0) is 30.4 Å². The summed E-state index contributed by atoms with van der Waals surface area (Å²) < 4.78 is 5.02. The molecule has 0 bridgehead atoms. The van der Waals surface area contributed by atoms with Crippen LogP contribution in [-0.4, -0.2) is 29.8 Å². The summed E-state index contributed by atoms with van der Waals surface area (Å²) in [5, 5.41) is 14.3. The summed E-state index contributed by atoms with van der Waals surface area (Å²) in [7, 11) is 0. The Morgan fingerprint density at radius 1 is 1.30 bits per heavy atom. The van der Waals surface area contributed by atoms with Crippen molar-refractivity contribution in [1.29, 1.82) is 5.26 Å². The summed E-state index contributed by atoms with van der Waals surface area (Å²) in [4.78, 5) is 24.8. The molecular formula is C20H21ClN2O3S. The summed E-state index contributed by atoms with van der Waals surface area (Å²) in [6.07, 6.45) is 0. The van der Waals surface area contributed by atoms with Crippen molar-refractivity contribution in [3.63, 3.8) is 0 Å². The predicted octanol–water partition coefficient (Wildman–Crippen LogP) is 4.18. The lowest BCUT2D eigenvalue weighted by Gasteiger charge is -2.27. The number of thioether (sulfide) groups is 1. The van der Waals surface area contributed by atoms with Crippen LogP contribution in [0.3, 0.4) is 0 Å². The third-order valence-electron chi connectivity index (χ3n) is 4.31. The monoisotopic (exact) mass is 404 g/mol. The fourth-order valence-electron chi connectivity index (χ4n) is 2.33. The first-order valence-electron chi connectivity index (χ1n) is 8.44. The second-order valence-corrected chi connectivity index (χ2v) is 7.98. The van der Waals surface area contributed by atoms with Crippen LogP contribution in [0.5, 0.6) is 0 Å². The van der Waals surface area contributed by atoms with Gasteiger partial charge in [-0.1, -0.05) is 49.7 Å². The van der Waals surface area contributed by atoms with Crippen molar-refractivity contribution in [2.45, 2.75) is 31.2 Å². The van der Waals surface area contributed by atoms with Crippen LogP contribution in [0.2, 0.25) is 5.02 Å². The Balaban J connectivity index is 1.91. The largest absolute Gasteiger partial charge is 0.455 e. The Morgan fingerprint density at radius 2 is 1.96 bits per heavy atom. The quantitative estimate of drug-likeness (QED) is 0.553. The lowest BCUT2D eigenvalue weighted by atomic mass is 9.90. The fourth-order valence-corrected chi connectivity index (χ4v) is 3.58. The number of rotatable bonds is 7. The molecule has 2 aromatic rings. The number of carbonyl (C=O) groups is 2. The van der Waals surface area contributed by atoms with E-state index in [4.69, 9.17) is 16.3 Å². The van der Waals surface area contributed by atoms with E-state index in [1.807, 2.05) is 44.2 Å². The average Bonchev–Trinajstić information content (AvgIpc) is 2.64. The molecule has 1 N–H and O–H groups in total. The first-order valence-corrected chi connectivity index (χ1v) is 9.81. The molecule has 7 heteroatoms. The van der Waals surface area contributed by atoms with Crippen LogP contribution in [0.1, 0.15) is 20.8 Å². The third kappa shape index (κ3) is 5.38. The van der Waals surface area contributed by atoms with E-state index >= 15 is 0 Å². The first kappa shape index (κ1) is 21.1. The number of benzene rings is 2. The highest BCUT2D eigenvalue weighted by Gasteiger charge is 2.30. The molecule has 27 heavy (non-hydrogen) atoms. The van der Waals surface area contributed by atoms with E-state index in [2.05, 4.69) is 11.4 Å². The molecule has 5 nitrogen and oxygen atoms in total. The molecule has 142 valence electrons. The minimum absolute atomic E-state index is 0.0529. The van der Waals surface area contributed by atoms with Crippen molar-refractivity contribution in [1.82, 2.24) is 5.32 Å². The summed E-state index contributed by atoms with van der Waals surface area (Å²) in [5.74, 6) is -1.03. The number of hydrogen-bond donors (Lipinski definition) is 1. The van der Waals surface area contributed by atoms with E-state index in [0.29, 0.717) is 5.02 Å². The van der Waals surface area contributed by atoms with Gasteiger partial charge in [-0.3, -0.25) is 9.59 Å². The Bertz CT molecular complexity index is 889. The number of ether oxygens (including phenoxy) is 1. The summed E-state index contributed by atoms with van der Waals surface area (Å²) in [6, 6.07) is 13.4. The highest BCUT2D eigenvalue weighted by Crippen LogP contribution is 2.33. The molecule has 0 radical (unpaired) electrons. The molecule has 0 saturated carbocycles. The maximum Gasteiger partial charge on any atom is 0.316 e. The Labute approximate surface area is 168 Å². The maximum atomic E-state index is 12.0. The Kier molecular flexibility index (Phi) is 7.11. The number of nitriles is 1. The second-order valence-electron chi connectivity index (χ2n) is 6.56. The normalized spacial score (nSPS) is 13.0. The number of fused-ring (bicyclic) bond motifs is 1. The van der Waals surface area contributed by atoms with Gasteiger partial charge < -0.3 is 10.1 Å². The van der Waals surface area contributed by atoms with Gasteiger partial charge in [0.25, 0.3) is 5.91 Å². The van der Waals surface area contributed by atoms with Crippen molar-refractivity contribution in [3.05, 3.63) is 41.4 Å². The van der Waals surface area contributed by atoms with Crippen LogP contribution in [0, 0.1) is 17.2 Å². The standard InChI is InChI=1S/C20H21ClN2O3S/c1-13(2)20(3,12-22)23-17(24)10-26-18(25)11-27-16-9-5-7-14-6-4-8-15(21)19(14)16/h4-9,13H,10-11H2,1-3H3,(H,23,24). The van der Waals surface area contributed by atoms with Crippen LogP contribution in [0.15, 0.2) is 41.3 Å². The van der Waals surface area contributed by atoms with Gasteiger partial charge in [0.2, 0.25) is 0 Å². The van der Waals surface area contributed by atoms with Crippen molar-refractivity contribution < 1.29 is 14.3 Å². The molecule has 1 unspecified atom stereocenters. The van der Waals surface area contributed by atoms with E-state index in [9.17, 15) is 14.9 Å². The minimum atomic E-state index is -1.00. The lowest BCUT2D eigenvalue weighted by molar-refractivity contribution is -0.146. The third-order valence-corrected chi connectivity index (χ3v) is 5.66. The summed E-state index contributed by atoms with van der Waals surface area (Å²) in [6.45, 7) is 4.89. The van der Waals surface area contributed by atoms with Crippen LogP contribution in [0.4, 0.5) is 0 Å². The number of nitrogens with zero attached hydrogens (tertiary/aromatic N) is 1. The highest BCUT2D eigenvalue weighted by molar-refractivity contribution is 8.00. The van der Waals surface area contributed by atoms with Crippen LogP contribution in [-0.2, 0) is 14.3 Å². The van der Waals surface area contributed by atoms with E-state index in [0.717, 1.165) is 15.7 Å². The van der Waals surface area contributed by atoms with Crippen LogP contribution < -0.4 is 5.32 Å². The molecule has 1 atom stereocenters. The van der Waals surface area contributed by atoms with Crippen LogP contribution in [0.25, 0.3) is 10.8 Å². The SMILES string of the molecule is CC(C)C(C)(C#N)NC(=O)COC(=O)CSc1cccc2cccc(Cl)c12. The summed E-state index contributed by atoms with van der Waals surface area (Å²) in [5.41, 5.74) is -1.00. The zero-order valence-corrected chi connectivity index (χ0v) is 17.0. The van der Waals surface area contributed by atoms with Crippen molar-refractivity contribution in [3.8, 4) is 6.07 Å². The molecule has 0 aliphatic carbocycles. The molecule has 0 fully saturated rings. The molecule has 1 amide bonds. The van der Waals surface area contributed by atoms with E-state index in [1.54, 1.807) is 13.0 Å². The highest BCUT2D eigenvalue weighted by atomic mass is 35.5. The summed E-state index contributed by atoms with van der Waals surface area (Å²) >= 11 is 7.58. The van der Waals surface area contributed by atoms with Crippen molar-refractivity contribution >= 4 is 46.0 Å². The molecule has 2 rings (SSSR count). The van der Waals surface area contributed by atoms with Gasteiger partial charge in [-0.25, -0.2) is 0 Å².